The molecule has 0 atom stereocenters. The molecule has 0 aliphatic heterocycles. The molecule has 2 aromatic rings. The molecule has 0 saturated carbocycles. The number of rotatable bonds is 5. The van der Waals surface area contributed by atoms with Crippen molar-refractivity contribution in [2.75, 3.05) is 0 Å². The van der Waals surface area contributed by atoms with Crippen molar-refractivity contribution in [1.82, 2.24) is 0 Å². The fourth-order valence-corrected chi connectivity index (χ4v) is 3.43. The number of benzene rings is 2. The molecule has 2 N–H and O–H groups in total. The van der Waals surface area contributed by atoms with Crippen molar-refractivity contribution in [3.63, 3.8) is 0 Å². The number of thiocarbonyl (C=S) groups is 1. The SMILES string of the molecule is Cc1ccc(SCc2cc(C)cc(C=C(C#N)C(N)=S)c2C)cc1. The van der Waals surface area contributed by atoms with E-state index in [1.807, 2.05) is 11.8 Å². The first-order valence-electron chi connectivity index (χ1n) is 7.62. The average Bonchev–Trinajstić information content (AvgIpc) is 2.55. The normalized spacial score (nSPS) is 11.2. The molecule has 0 amide bonds. The second-order valence-corrected chi connectivity index (χ2v) is 7.26. The summed E-state index contributed by atoms with van der Waals surface area (Å²) >= 11 is 6.74. The van der Waals surface area contributed by atoms with E-state index < -0.39 is 0 Å². The van der Waals surface area contributed by atoms with E-state index in [1.165, 1.54) is 16.0 Å². The average molecular weight is 353 g/mol. The number of nitrogens with two attached hydrogens (primary N) is 1. The maximum atomic E-state index is 9.17. The quantitative estimate of drug-likeness (QED) is 0.352. The molecule has 0 bridgehead atoms. The number of nitrogens with zero attached hydrogens (tertiary/aromatic N) is 1. The minimum Gasteiger partial charge on any atom is -0.389 e. The Bertz CT molecular complexity index is 828. The lowest BCUT2D eigenvalue weighted by Crippen LogP contribution is -2.10. The Morgan fingerprint density at radius 2 is 1.83 bits per heavy atom. The lowest BCUT2D eigenvalue weighted by atomic mass is 9.98. The van der Waals surface area contributed by atoms with Crippen molar-refractivity contribution in [2.45, 2.75) is 31.4 Å². The third-order valence-corrected chi connectivity index (χ3v) is 5.08. The van der Waals surface area contributed by atoms with Gasteiger partial charge >= 0.3 is 0 Å². The van der Waals surface area contributed by atoms with Crippen molar-refractivity contribution in [3.8, 4) is 6.07 Å². The molecule has 0 unspecified atom stereocenters. The highest BCUT2D eigenvalue weighted by molar-refractivity contribution is 7.98. The molecule has 2 nitrogen and oxygen atoms in total. The van der Waals surface area contributed by atoms with Gasteiger partial charge in [-0.15, -0.1) is 11.8 Å². The summed E-state index contributed by atoms with van der Waals surface area (Å²) in [4.78, 5) is 1.38. The fraction of sp³-hybridized carbons (Fsp3) is 0.200. The zero-order valence-corrected chi connectivity index (χ0v) is 15.7. The van der Waals surface area contributed by atoms with Crippen LogP contribution in [0.25, 0.3) is 6.08 Å². The number of hydrogen-bond donors (Lipinski definition) is 1. The van der Waals surface area contributed by atoms with Gasteiger partial charge in [-0.25, -0.2) is 0 Å². The van der Waals surface area contributed by atoms with Gasteiger partial charge in [-0.1, -0.05) is 47.6 Å². The van der Waals surface area contributed by atoms with Crippen molar-refractivity contribution >= 4 is 35.0 Å². The van der Waals surface area contributed by atoms with E-state index in [1.54, 1.807) is 6.08 Å². The van der Waals surface area contributed by atoms with E-state index in [0.717, 1.165) is 22.4 Å². The van der Waals surface area contributed by atoms with Crippen LogP contribution in [0.15, 0.2) is 46.9 Å². The van der Waals surface area contributed by atoms with E-state index >= 15 is 0 Å². The molecule has 0 fully saturated rings. The van der Waals surface area contributed by atoms with Crippen LogP contribution in [0.5, 0.6) is 0 Å². The summed E-state index contributed by atoms with van der Waals surface area (Å²) in [7, 11) is 0. The molecule has 0 aliphatic rings. The van der Waals surface area contributed by atoms with Crippen LogP contribution in [0, 0.1) is 32.1 Å². The Hall–Kier alpha value is -2.09. The van der Waals surface area contributed by atoms with Gasteiger partial charge in [-0.05, 0) is 55.7 Å². The van der Waals surface area contributed by atoms with E-state index in [0.29, 0.717) is 5.57 Å². The Labute approximate surface area is 153 Å². The van der Waals surface area contributed by atoms with Gasteiger partial charge in [0.05, 0.1) is 5.57 Å². The molecule has 0 aromatic heterocycles. The highest BCUT2D eigenvalue weighted by Gasteiger charge is 2.08. The first-order valence-corrected chi connectivity index (χ1v) is 9.01. The Balaban J connectivity index is 2.30. The summed E-state index contributed by atoms with van der Waals surface area (Å²) in [5.74, 6) is 0.881. The van der Waals surface area contributed by atoms with Crippen molar-refractivity contribution < 1.29 is 0 Å². The number of nitriles is 1. The van der Waals surface area contributed by atoms with Crippen LogP contribution in [-0.4, -0.2) is 4.99 Å². The van der Waals surface area contributed by atoms with Crippen LogP contribution in [0.1, 0.15) is 27.8 Å². The van der Waals surface area contributed by atoms with Gasteiger partial charge in [0.15, 0.2) is 0 Å². The van der Waals surface area contributed by atoms with Crippen LogP contribution in [0.3, 0.4) is 0 Å². The molecule has 0 aliphatic carbocycles. The maximum Gasteiger partial charge on any atom is 0.114 e. The largest absolute Gasteiger partial charge is 0.389 e. The van der Waals surface area contributed by atoms with Crippen molar-refractivity contribution in [2.24, 2.45) is 5.73 Å². The summed E-state index contributed by atoms with van der Waals surface area (Å²) in [6.07, 6.45) is 1.78. The van der Waals surface area contributed by atoms with E-state index in [-0.39, 0.29) is 4.99 Å². The topological polar surface area (TPSA) is 49.8 Å². The third-order valence-electron chi connectivity index (χ3n) is 3.80. The minimum atomic E-state index is 0.133. The Morgan fingerprint density at radius 3 is 2.42 bits per heavy atom. The Kier molecular flexibility index (Phi) is 6.19. The molecule has 4 heteroatoms. The highest BCUT2D eigenvalue weighted by Crippen LogP contribution is 2.27. The first kappa shape index (κ1) is 18.3. The molecular formula is C20H20N2S2. The zero-order chi connectivity index (χ0) is 17.7. The van der Waals surface area contributed by atoms with Crippen molar-refractivity contribution in [3.05, 3.63) is 69.8 Å². The zero-order valence-electron chi connectivity index (χ0n) is 14.1. The molecule has 0 heterocycles. The second-order valence-electron chi connectivity index (χ2n) is 5.77. The highest BCUT2D eigenvalue weighted by atomic mass is 32.2. The van der Waals surface area contributed by atoms with Crippen LogP contribution in [0.2, 0.25) is 0 Å². The van der Waals surface area contributed by atoms with Crippen molar-refractivity contribution in [1.29, 1.82) is 5.26 Å². The Morgan fingerprint density at radius 1 is 1.17 bits per heavy atom. The van der Waals surface area contributed by atoms with Gasteiger partial charge in [0, 0.05) is 10.6 Å². The minimum absolute atomic E-state index is 0.133. The van der Waals surface area contributed by atoms with Gasteiger partial charge in [0.2, 0.25) is 0 Å². The predicted molar refractivity (Wildman–Crippen MR) is 107 cm³/mol. The number of hydrogen-bond acceptors (Lipinski definition) is 3. The van der Waals surface area contributed by atoms with E-state index in [4.69, 9.17) is 18.0 Å². The lowest BCUT2D eigenvalue weighted by molar-refractivity contribution is 1.25. The molecule has 2 aromatic carbocycles. The van der Waals surface area contributed by atoms with Crippen LogP contribution in [-0.2, 0) is 5.75 Å². The van der Waals surface area contributed by atoms with Gasteiger partial charge in [0.1, 0.15) is 11.1 Å². The maximum absolute atomic E-state index is 9.17. The smallest absolute Gasteiger partial charge is 0.114 e. The van der Waals surface area contributed by atoms with E-state index in [2.05, 4.69) is 63.2 Å². The summed E-state index contributed by atoms with van der Waals surface area (Å²) in [6.45, 7) is 6.22. The monoisotopic (exact) mass is 352 g/mol. The predicted octanol–water partition coefficient (Wildman–Crippen LogP) is 5.10. The summed E-state index contributed by atoms with van der Waals surface area (Å²) < 4.78 is 0. The molecule has 2 rings (SSSR count). The summed E-state index contributed by atoms with van der Waals surface area (Å²) in [5, 5.41) is 9.17. The first-order chi connectivity index (χ1) is 11.4. The van der Waals surface area contributed by atoms with Crippen LogP contribution < -0.4 is 5.73 Å². The molecular weight excluding hydrogens is 332 g/mol. The van der Waals surface area contributed by atoms with Crippen LogP contribution >= 0.6 is 24.0 Å². The van der Waals surface area contributed by atoms with Gasteiger partial charge in [0.25, 0.3) is 0 Å². The molecule has 0 radical (unpaired) electrons. The summed E-state index contributed by atoms with van der Waals surface area (Å²) in [5.41, 5.74) is 11.8. The fourth-order valence-electron chi connectivity index (χ4n) is 2.37. The lowest BCUT2D eigenvalue weighted by Gasteiger charge is -2.11. The number of thioether (sulfide) groups is 1. The molecule has 24 heavy (non-hydrogen) atoms. The third kappa shape index (κ3) is 4.70. The standard InChI is InChI=1S/C20H20N2S2/c1-13-4-6-19(7-5-13)24-12-18-9-14(2)8-16(15(18)3)10-17(11-21)20(22)23/h4-10H,12H2,1-3H3,(H2,22,23). The number of aryl methyl sites for hydroxylation is 2. The summed E-state index contributed by atoms with van der Waals surface area (Å²) in [6, 6.07) is 14.9. The van der Waals surface area contributed by atoms with E-state index in [9.17, 15) is 5.26 Å². The van der Waals surface area contributed by atoms with Gasteiger partial charge < -0.3 is 5.73 Å². The molecule has 122 valence electrons. The molecule has 0 saturated heterocycles. The van der Waals surface area contributed by atoms with Gasteiger partial charge in [-0.3, -0.25) is 0 Å². The second kappa shape index (κ2) is 8.14. The molecule has 0 spiro atoms. The van der Waals surface area contributed by atoms with Gasteiger partial charge in [-0.2, -0.15) is 5.26 Å². The van der Waals surface area contributed by atoms with Crippen LogP contribution in [0.4, 0.5) is 0 Å².